The molecule has 0 bridgehead atoms. The molecule has 360 valence electrons. The highest BCUT2D eigenvalue weighted by molar-refractivity contribution is 6.23. The lowest BCUT2D eigenvalue weighted by molar-refractivity contribution is -0.141. The molecular weight excluding hydrogens is 891 g/mol. The van der Waals surface area contributed by atoms with Crippen LogP contribution in [0, 0.1) is 18.3 Å². The summed E-state index contributed by atoms with van der Waals surface area (Å²) in [5.41, 5.74) is 6.42. The topological polar surface area (TPSA) is 211 Å². The predicted molar refractivity (Wildman–Crippen MR) is 257 cm³/mol. The second kappa shape index (κ2) is 17.3. The monoisotopic (exact) mass is 945 g/mol. The number of hydrogen-bond donors (Lipinski definition) is 3. The van der Waals surface area contributed by atoms with Gasteiger partial charge in [0.1, 0.15) is 18.1 Å². The van der Waals surface area contributed by atoms with Gasteiger partial charge in [0, 0.05) is 99.7 Å². The molecule has 5 aromatic rings. The molecule has 8 heterocycles. The van der Waals surface area contributed by atoms with Crippen LogP contribution in [-0.4, -0.2) is 145 Å². The van der Waals surface area contributed by atoms with Gasteiger partial charge in [0.2, 0.25) is 17.7 Å². The average Bonchev–Trinajstić information content (AvgIpc) is 3.86. The summed E-state index contributed by atoms with van der Waals surface area (Å²) in [4.78, 5) is 105. The van der Waals surface area contributed by atoms with E-state index < -0.39 is 29.7 Å². The van der Waals surface area contributed by atoms with Gasteiger partial charge in [0.15, 0.2) is 17.0 Å². The quantitative estimate of drug-likeness (QED) is 0.170. The van der Waals surface area contributed by atoms with Gasteiger partial charge >= 0.3 is 0 Å². The minimum absolute atomic E-state index is 0.0658. The van der Waals surface area contributed by atoms with Gasteiger partial charge < -0.3 is 29.9 Å². The van der Waals surface area contributed by atoms with E-state index in [1.165, 1.54) is 18.5 Å². The predicted octanol–water partition coefficient (Wildman–Crippen LogP) is 3.84. The number of piperazine rings is 1. The summed E-state index contributed by atoms with van der Waals surface area (Å²) >= 11 is 0. The molecule has 0 unspecified atom stereocenters. The van der Waals surface area contributed by atoms with Crippen LogP contribution in [0.2, 0.25) is 0 Å². The lowest BCUT2D eigenvalue weighted by Gasteiger charge is -2.56. The maximum absolute atomic E-state index is 13.6. The first-order valence-electron chi connectivity index (χ1n) is 24.6. The summed E-state index contributed by atoms with van der Waals surface area (Å²) in [6, 6.07) is 18.9. The van der Waals surface area contributed by atoms with E-state index in [0.717, 1.165) is 92.6 Å². The maximum Gasteiger partial charge on any atom is 0.270 e. The number of carbonyl (C=O) groups is 6. The number of carbonyl (C=O) groups excluding carboxylic acids is 6. The Kier molecular flexibility index (Phi) is 10.9. The second-order valence-electron chi connectivity index (χ2n) is 20.4. The van der Waals surface area contributed by atoms with Crippen LogP contribution in [0.25, 0.3) is 11.2 Å². The zero-order valence-corrected chi connectivity index (χ0v) is 39.1. The summed E-state index contributed by atoms with van der Waals surface area (Å²) < 4.78 is 2.08. The summed E-state index contributed by atoms with van der Waals surface area (Å²) in [5, 5.41) is 8.80. The molecule has 3 N–H and O–H groups in total. The molecule has 19 heteroatoms. The molecule has 2 saturated carbocycles. The normalized spacial score (nSPS) is 23.8. The minimum atomic E-state index is -1.00. The Balaban J connectivity index is 0.573. The van der Waals surface area contributed by atoms with Gasteiger partial charge in [-0.1, -0.05) is 6.07 Å². The molecule has 1 spiro atoms. The number of piperidine rings is 2. The van der Waals surface area contributed by atoms with Crippen LogP contribution in [0.3, 0.4) is 0 Å². The molecule has 7 aliphatic rings. The SMILES string of the molecule is Cc1cccc(C(=O)NC2CC(n3cnc4c(Nc5ccc(N6CCN(C7CC8(CCN(C(=O)C9CN(c%10ccc%11c(c%10)C(=O)N([C@H]%10CCC(=O)NC%10=O)C%11=O)C9)CC8)C7)CC6)cc5)ncnc43)C2)n1. The number of pyridine rings is 1. The molecule has 1 atom stereocenters. The highest BCUT2D eigenvalue weighted by atomic mass is 16.2. The fourth-order valence-electron chi connectivity index (χ4n) is 11.9. The fraction of sp³-hybridized carbons (Fsp3) is 0.451. The second-order valence-corrected chi connectivity index (χ2v) is 20.4. The molecule has 2 aliphatic carbocycles. The van der Waals surface area contributed by atoms with Crippen molar-refractivity contribution in [3.8, 4) is 0 Å². The lowest BCUT2D eigenvalue weighted by atomic mass is 9.60. The molecule has 12 rings (SSSR count). The van der Waals surface area contributed by atoms with Crippen molar-refractivity contribution in [1.29, 1.82) is 0 Å². The van der Waals surface area contributed by atoms with Crippen molar-refractivity contribution in [3.05, 3.63) is 95.8 Å². The number of anilines is 4. The third-order valence-corrected chi connectivity index (χ3v) is 16.1. The van der Waals surface area contributed by atoms with E-state index in [9.17, 15) is 28.8 Å². The van der Waals surface area contributed by atoms with Crippen LogP contribution in [0.4, 0.5) is 22.9 Å². The first-order valence-corrected chi connectivity index (χ1v) is 24.6. The van der Waals surface area contributed by atoms with E-state index in [4.69, 9.17) is 4.98 Å². The number of imide groups is 2. The van der Waals surface area contributed by atoms with Crippen molar-refractivity contribution in [2.24, 2.45) is 11.3 Å². The Hall–Kier alpha value is -7.28. The molecular formula is C51H55N13O6. The van der Waals surface area contributed by atoms with Gasteiger partial charge in [-0.25, -0.2) is 19.9 Å². The molecule has 6 amide bonds. The molecule has 19 nitrogen and oxygen atoms in total. The van der Waals surface area contributed by atoms with Gasteiger partial charge in [-0.15, -0.1) is 0 Å². The zero-order chi connectivity index (χ0) is 47.8. The summed E-state index contributed by atoms with van der Waals surface area (Å²) in [7, 11) is 0. The van der Waals surface area contributed by atoms with E-state index in [0.29, 0.717) is 41.6 Å². The average molecular weight is 946 g/mol. The highest BCUT2D eigenvalue weighted by Crippen LogP contribution is 2.51. The number of aromatic nitrogens is 5. The van der Waals surface area contributed by atoms with E-state index >= 15 is 0 Å². The third kappa shape index (κ3) is 7.89. The Morgan fingerprint density at radius 2 is 1.53 bits per heavy atom. The number of aryl methyl sites for hydroxylation is 1. The minimum Gasteiger partial charge on any atom is -0.370 e. The van der Waals surface area contributed by atoms with E-state index in [1.807, 2.05) is 30.3 Å². The summed E-state index contributed by atoms with van der Waals surface area (Å²) in [6.07, 6.45) is 9.59. The van der Waals surface area contributed by atoms with E-state index in [2.05, 4.69) is 74.4 Å². The van der Waals surface area contributed by atoms with Crippen molar-refractivity contribution in [1.82, 2.24) is 49.8 Å². The third-order valence-electron chi connectivity index (χ3n) is 16.1. The Labute approximate surface area is 404 Å². The van der Waals surface area contributed by atoms with Gasteiger partial charge in [0.05, 0.1) is 23.4 Å². The van der Waals surface area contributed by atoms with Crippen molar-refractivity contribution in [3.63, 3.8) is 0 Å². The van der Waals surface area contributed by atoms with Crippen LogP contribution in [0.1, 0.15) is 94.3 Å². The van der Waals surface area contributed by atoms with Crippen LogP contribution >= 0.6 is 0 Å². The maximum atomic E-state index is 13.6. The van der Waals surface area contributed by atoms with E-state index in [1.54, 1.807) is 30.6 Å². The van der Waals surface area contributed by atoms with Crippen LogP contribution in [0.15, 0.2) is 73.3 Å². The summed E-state index contributed by atoms with van der Waals surface area (Å²) in [6.45, 7) is 8.53. The van der Waals surface area contributed by atoms with Gasteiger partial charge in [-0.05, 0) is 112 Å². The van der Waals surface area contributed by atoms with Crippen molar-refractivity contribution < 1.29 is 28.8 Å². The van der Waals surface area contributed by atoms with Crippen molar-refractivity contribution in [2.75, 3.05) is 67.5 Å². The Morgan fingerprint density at radius 1 is 0.786 bits per heavy atom. The van der Waals surface area contributed by atoms with Crippen molar-refractivity contribution in [2.45, 2.75) is 82.5 Å². The van der Waals surface area contributed by atoms with Crippen LogP contribution in [0.5, 0.6) is 0 Å². The molecule has 3 aromatic heterocycles. The lowest BCUT2D eigenvalue weighted by Crippen LogP contribution is -2.60. The molecule has 2 aromatic carbocycles. The first-order chi connectivity index (χ1) is 34.0. The number of likely N-dealkylation sites (tertiary alicyclic amines) is 1. The highest BCUT2D eigenvalue weighted by Gasteiger charge is 2.50. The smallest absolute Gasteiger partial charge is 0.270 e. The molecule has 70 heavy (non-hydrogen) atoms. The molecule has 4 saturated heterocycles. The number of nitrogens with zero attached hydrogens (tertiary/aromatic N) is 10. The molecule has 0 radical (unpaired) electrons. The number of imidazole rings is 1. The van der Waals surface area contributed by atoms with Gasteiger partial charge in [0.25, 0.3) is 17.7 Å². The number of nitrogens with one attached hydrogen (secondary N) is 3. The van der Waals surface area contributed by atoms with E-state index in [-0.39, 0.29) is 53.8 Å². The standard InChI is InChI=1S/C51H55N13O6/c1-30-3-2-4-40(55-30)46(66)57-33-21-36(22-33)63-29-54-43-44(52-28-53-45(43)63)56-32-5-7-34(8-6-32)59-17-19-60(20-18-59)37-24-51(25-37)13-15-61(16-14-51)48(68)31-26-62(27-31)35-9-10-38-39(23-35)50(70)64(49(38)69)41-11-12-42(65)58-47(41)67/h2-10,23,28-29,31,33,36-37,41H,11-22,24-27H2,1H3,(H,57,66)(H,52,53,56)(H,58,65,67)/t33?,36?,41-/m0/s1. The largest absolute Gasteiger partial charge is 0.370 e. The summed E-state index contributed by atoms with van der Waals surface area (Å²) in [5.74, 6) is -1.51. The fourth-order valence-corrected chi connectivity index (χ4v) is 11.9. The van der Waals surface area contributed by atoms with Gasteiger partial charge in [-0.2, -0.15) is 0 Å². The number of amides is 6. The first kappa shape index (κ1) is 44.0. The number of benzene rings is 2. The Morgan fingerprint density at radius 3 is 2.27 bits per heavy atom. The number of rotatable bonds is 10. The number of fused-ring (bicyclic) bond motifs is 2. The molecule has 6 fully saturated rings. The zero-order valence-electron chi connectivity index (χ0n) is 39.1. The Bertz CT molecular complexity index is 2940. The van der Waals surface area contributed by atoms with Gasteiger partial charge in [-0.3, -0.25) is 43.9 Å². The van der Waals surface area contributed by atoms with Crippen molar-refractivity contribution >= 4 is 69.5 Å². The van der Waals surface area contributed by atoms with Crippen LogP contribution in [-0.2, 0) is 14.4 Å². The molecule has 5 aliphatic heterocycles. The number of hydrogen-bond acceptors (Lipinski definition) is 14. The van der Waals surface area contributed by atoms with Crippen LogP contribution < -0.4 is 25.8 Å².